The molecule has 0 spiro atoms. The van der Waals surface area contributed by atoms with Gasteiger partial charge in [-0.1, -0.05) is 47.6 Å². The average Bonchev–Trinajstić information content (AvgIpc) is 3.33. The number of nitrogens with two attached hydrogens (primary N) is 1. The molecule has 0 fully saturated rings. The molecule has 0 aliphatic rings. The minimum Gasteiger partial charge on any atom is -0.370 e. The number of primary amides is 1. The second-order valence-electron chi connectivity index (χ2n) is 7.75. The Morgan fingerprint density at radius 3 is 2.74 bits per heavy atom. The molecule has 4 rings (SSSR count). The lowest BCUT2D eigenvalue weighted by Crippen LogP contribution is -2.23. The van der Waals surface area contributed by atoms with E-state index in [1.54, 1.807) is 34.9 Å². The van der Waals surface area contributed by atoms with E-state index in [2.05, 4.69) is 15.1 Å². The van der Waals surface area contributed by atoms with Crippen LogP contribution < -0.4 is 11.3 Å². The van der Waals surface area contributed by atoms with Crippen LogP contribution in [0.1, 0.15) is 31.6 Å². The first kappa shape index (κ1) is 24.1. The van der Waals surface area contributed by atoms with Crippen molar-refractivity contribution in [2.75, 3.05) is 0 Å². The second kappa shape index (κ2) is 10.9. The number of hydrogen-bond donors (Lipinski definition) is 1. The molecule has 0 aliphatic heterocycles. The van der Waals surface area contributed by atoms with Gasteiger partial charge in [-0.05, 0) is 25.0 Å². The number of aromatic nitrogens is 4. The normalized spacial score (nSPS) is 11.1. The second-order valence-corrected chi connectivity index (χ2v) is 8.70. The third kappa shape index (κ3) is 5.90. The van der Waals surface area contributed by atoms with Crippen molar-refractivity contribution in [2.24, 2.45) is 5.73 Å². The van der Waals surface area contributed by atoms with Crippen molar-refractivity contribution in [3.63, 3.8) is 0 Å². The predicted molar refractivity (Wildman–Crippen MR) is 130 cm³/mol. The Balaban J connectivity index is 1.52. The number of fused-ring (bicyclic) bond motifs is 1. The van der Waals surface area contributed by atoms with Crippen LogP contribution in [0.3, 0.4) is 0 Å². The van der Waals surface area contributed by atoms with Crippen LogP contribution in [0.2, 0.25) is 0 Å². The summed E-state index contributed by atoms with van der Waals surface area (Å²) in [6.45, 7) is 0.445. The van der Waals surface area contributed by atoms with E-state index < -0.39 is 4.92 Å². The Morgan fingerprint density at radius 2 is 1.94 bits per heavy atom. The third-order valence-electron chi connectivity index (χ3n) is 5.24. The van der Waals surface area contributed by atoms with Crippen LogP contribution in [0, 0.1) is 10.1 Å². The summed E-state index contributed by atoms with van der Waals surface area (Å²) in [5.41, 5.74) is 6.04. The number of nitro benzene ring substituents is 1. The molecule has 12 heteroatoms. The third-order valence-corrected chi connectivity index (χ3v) is 6.20. The van der Waals surface area contributed by atoms with Gasteiger partial charge in [0.25, 0.3) is 11.2 Å². The fourth-order valence-electron chi connectivity index (χ4n) is 3.52. The molecule has 2 aromatic carbocycles. The topological polar surface area (TPSA) is 160 Å². The molecule has 1 amide bonds. The van der Waals surface area contributed by atoms with Gasteiger partial charge in [-0.25, -0.2) is 4.98 Å². The van der Waals surface area contributed by atoms with Crippen LogP contribution in [-0.4, -0.2) is 30.5 Å². The number of unbranched alkanes of at least 4 members (excludes halogenated alkanes) is 2. The Labute approximate surface area is 203 Å². The van der Waals surface area contributed by atoms with E-state index in [4.69, 9.17) is 10.3 Å². The Bertz CT molecular complexity index is 1430. The zero-order valence-corrected chi connectivity index (χ0v) is 19.4. The molecule has 4 aromatic rings. The van der Waals surface area contributed by atoms with Crippen molar-refractivity contribution in [1.29, 1.82) is 0 Å². The van der Waals surface area contributed by atoms with Gasteiger partial charge >= 0.3 is 0 Å². The molecule has 2 heterocycles. The van der Waals surface area contributed by atoms with Gasteiger partial charge in [-0.15, -0.1) is 0 Å². The first-order valence-electron chi connectivity index (χ1n) is 10.9. The summed E-state index contributed by atoms with van der Waals surface area (Å²) >= 11 is 1.29. The van der Waals surface area contributed by atoms with Crippen LogP contribution >= 0.6 is 11.8 Å². The quantitative estimate of drug-likeness (QED) is 0.108. The Hall–Kier alpha value is -4.06. The van der Waals surface area contributed by atoms with Crippen molar-refractivity contribution in [3.8, 4) is 11.4 Å². The minimum atomic E-state index is -0.487. The summed E-state index contributed by atoms with van der Waals surface area (Å²) in [5.74, 6) is 0.457. The van der Waals surface area contributed by atoms with Crippen LogP contribution in [0.25, 0.3) is 22.3 Å². The molecule has 2 aromatic heterocycles. The smallest absolute Gasteiger partial charge is 0.270 e. The van der Waals surface area contributed by atoms with Gasteiger partial charge < -0.3 is 10.3 Å². The number of nitro groups is 1. The molecule has 0 atom stereocenters. The number of thioether (sulfide) groups is 1. The predicted octanol–water partition coefficient (Wildman–Crippen LogP) is 3.69. The number of carbonyl (C=O) groups is 1. The maximum atomic E-state index is 13.1. The van der Waals surface area contributed by atoms with Gasteiger partial charge in [0.15, 0.2) is 5.16 Å². The van der Waals surface area contributed by atoms with Crippen LogP contribution in [0.4, 0.5) is 5.69 Å². The summed E-state index contributed by atoms with van der Waals surface area (Å²) in [7, 11) is 0. The monoisotopic (exact) mass is 494 g/mol. The number of hydrogen-bond acceptors (Lipinski definition) is 9. The molecule has 2 N–H and O–H groups in total. The zero-order chi connectivity index (χ0) is 24.8. The largest absolute Gasteiger partial charge is 0.370 e. The molecule has 0 radical (unpaired) electrons. The summed E-state index contributed by atoms with van der Waals surface area (Å²) in [4.78, 5) is 43.6. The standard InChI is InChI=1S/C23H22N6O5S/c24-19(30)11-2-1-5-12-28-22(31)17-9-3-4-10-18(17)25-23(28)35-14-20-26-21(27-34-20)15-7-6-8-16(13-15)29(32)33/h3-4,6-10,13H,1-2,5,11-12,14H2,(H2,24,30). The highest BCUT2D eigenvalue weighted by atomic mass is 32.2. The van der Waals surface area contributed by atoms with Crippen LogP contribution in [0.15, 0.2) is 63.0 Å². The lowest BCUT2D eigenvalue weighted by molar-refractivity contribution is -0.384. The van der Waals surface area contributed by atoms with E-state index in [1.165, 1.54) is 23.9 Å². The van der Waals surface area contributed by atoms with Gasteiger partial charge in [0.1, 0.15) is 0 Å². The van der Waals surface area contributed by atoms with E-state index in [9.17, 15) is 19.7 Å². The van der Waals surface area contributed by atoms with E-state index in [0.717, 1.165) is 6.42 Å². The molecular weight excluding hydrogens is 472 g/mol. The fourth-order valence-corrected chi connectivity index (χ4v) is 4.38. The van der Waals surface area contributed by atoms with Gasteiger partial charge in [0.2, 0.25) is 17.6 Å². The molecule has 0 bridgehead atoms. The number of para-hydroxylation sites is 1. The molecule has 0 unspecified atom stereocenters. The van der Waals surface area contributed by atoms with Crippen molar-refractivity contribution in [2.45, 2.75) is 43.1 Å². The van der Waals surface area contributed by atoms with E-state index >= 15 is 0 Å². The summed E-state index contributed by atoms with van der Waals surface area (Å²) < 4.78 is 6.94. The highest BCUT2D eigenvalue weighted by Gasteiger charge is 2.16. The lowest BCUT2D eigenvalue weighted by atomic mass is 10.2. The molecule has 11 nitrogen and oxygen atoms in total. The summed E-state index contributed by atoms with van der Waals surface area (Å²) in [6, 6.07) is 13.1. The number of carbonyl (C=O) groups excluding carboxylic acids is 1. The highest BCUT2D eigenvalue weighted by molar-refractivity contribution is 7.98. The Kier molecular flexibility index (Phi) is 7.51. The van der Waals surface area contributed by atoms with E-state index in [0.29, 0.717) is 53.3 Å². The van der Waals surface area contributed by atoms with Gasteiger partial charge in [-0.3, -0.25) is 24.3 Å². The minimum absolute atomic E-state index is 0.0663. The van der Waals surface area contributed by atoms with E-state index in [-0.39, 0.29) is 28.7 Å². The number of rotatable bonds is 11. The molecule has 0 saturated heterocycles. The van der Waals surface area contributed by atoms with Crippen LogP contribution in [-0.2, 0) is 17.1 Å². The maximum absolute atomic E-state index is 13.1. The number of nitrogens with zero attached hydrogens (tertiary/aromatic N) is 5. The van der Waals surface area contributed by atoms with Crippen LogP contribution in [0.5, 0.6) is 0 Å². The summed E-state index contributed by atoms with van der Waals surface area (Å²) in [6.07, 6.45) is 2.42. The Morgan fingerprint density at radius 1 is 1.11 bits per heavy atom. The number of non-ortho nitro benzene ring substituents is 1. The van der Waals surface area contributed by atoms with Crippen molar-refractivity contribution in [3.05, 3.63) is 74.9 Å². The maximum Gasteiger partial charge on any atom is 0.270 e. The first-order chi connectivity index (χ1) is 16.9. The first-order valence-corrected chi connectivity index (χ1v) is 11.9. The van der Waals surface area contributed by atoms with Gasteiger partial charge in [0, 0.05) is 30.7 Å². The van der Waals surface area contributed by atoms with E-state index in [1.807, 2.05) is 6.07 Å². The molecule has 0 saturated carbocycles. The van der Waals surface area contributed by atoms with Crippen molar-refractivity contribution >= 4 is 34.3 Å². The lowest BCUT2D eigenvalue weighted by Gasteiger charge is -2.12. The SMILES string of the molecule is NC(=O)CCCCCn1c(SCc2nc(-c3cccc([N+](=O)[O-])c3)no2)nc2ccccc2c1=O. The number of benzene rings is 2. The van der Waals surface area contributed by atoms with Crippen molar-refractivity contribution < 1.29 is 14.2 Å². The number of amides is 1. The van der Waals surface area contributed by atoms with Gasteiger partial charge in [-0.2, -0.15) is 4.98 Å². The fraction of sp³-hybridized carbons (Fsp3) is 0.261. The van der Waals surface area contributed by atoms with Crippen molar-refractivity contribution in [1.82, 2.24) is 19.7 Å². The van der Waals surface area contributed by atoms with Gasteiger partial charge in [0.05, 0.1) is 21.6 Å². The average molecular weight is 495 g/mol. The molecule has 180 valence electrons. The molecule has 35 heavy (non-hydrogen) atoms. The molecular formula is C23H22N6O5S. The zero-order valence-electron chi connectivity index (χ0n) is 18.6. The molecule has 0 aliphatic carbocycles. The summed E-state index contributed by atoms with van der Waals surface area (Å²) in [5, 5.41) is 16.0. The highest BCUT2D eigenvalue weighted by Crippen LogP contribution is 2.25.